The maximum atomic E-state index is 11.1. The van der Waals surface area contributed by atoms with Gasteiger partial charge >= 0.3 is 11.9 Å². The number of hydrogen-bond donors (Lipinski definition) is 0. The molecule has 0 aromatic rings. The van der Waals surface area contributed by atoms with Gasteiger partial charge in [-0.1, -0.05) is 19.1 Å². The third-order valence-corrected chi connectivity index (χ3v) is 1.79. The fourth-order valence-corrected chi connectivity index (χ4v) is 1.03. The molecule has 92 valence electrons. The van der Waals surface area contributed by atoms with E-state index in [1.807, 2.05) is 19.1 Å². The molecule has 16 heavy (non-hydrogen) atoms. The first kappa shape index (κ1) is 14.7. The van der Waals surface area contributed by atoms with Crippen LogP contribution in [0.3, 0.4) is 0 Å². The summed E-state index contributed by atoms with van der Waals surface area (Å²) in [6.45, 7) is 4.49. The van der Waals surface area contributed by atoms with Gasteiger partial charge in [-0.2, -0.15) is 0 Å². The van der Waals surface area contributed by atoms with Crippen molar-refractivity contribution in [2.45, 2.75) is 39.5 Å². The van der Waals surface area contributed by atoms with Crippen molar-refractivity contribution in [2.75, 3.05) is 13.2 Å². The molecule has 0 N–H and O–H groups in total. The minimum Gasteiger partial charge on any atom is -0.466 e. The molecule has 0 aliphatic rings. The summed E-state index contributed by atoms with van der Waals surface area (Å²) in [6, 6.07) is 0. The number of ether oxygens (including phenoxy) is 2. The van der Waals surface area contributed by atoms with Crippen LogP contribution in [0.25, 0.3) is 0 Å². The molecular weight excluding hydrogens is 208 g/mol. The highest BCUT2D eigenvalue weighted by Crippen LogP contribution is 1.97. The number of hydrogen-bond acceptors (Lipinski definition) is 4. The Hall–Kier alpha value is -1.32. The molecular formula is C12H20O4. The molecule has 0 fully saturated rings. The lowest BCUT2D eigenvalue weighted by Crippen LogP contribution is -2.10. The Balaban J connectivity index is 3.44. The molecule has 0 saturated heterocycles. The molecule has 4 nitrogen and oxygen atoms in total. The highest BCUT2D eigenvalue weighted by Gasteiger charge is 2.07. The maximum Gasteiger partial charge on any atom is 0.306 e. The number of rotatable bonds is 8. The second-order valence-corrected chi connectivity index (χ2v) is 3.19. The van der Waals surface area contributed by atoms with Crippen LogP contribution >= 0.6 is 0 Å². The lowest BCUT2D eigenvalue weighted by atomic mass is 10.3. The zero-order valence-corrected chi connectivity index (χ0v) is 10.0. The van der Waals surface area contributed by atoms with Gasteiger partial charge < -0.3 is 9.47 Å². The molecule has 0 atom stereocenters. The first-order chi connectivity index (χ1) is 7.70. The Morgan fingerprint density at radius 2 is 1.62 bits per heavy atom. The van der Waals surface area contributed by atoms with Gasteiger partial charge in [0.2, 0.25) is 0 Å². The van der Waals surface area contributed by atoms with E-state index in [0.717, 1.165) is 12.8 Å². The van der Waals surface area contributed by atoms with Gasteiger partial charge in [0, 0.05) is 0 Å². The standard InChI is InChI=1S/C12H20O4/c1-3-5-6-7-10-16-12(14)9-8-11(13)15-4-2/h5-6H,3-4,7-10H2,1-2H3/b6-5-. The molecule has 0 radical (unpaired) electrons. The van der Waals surface area contributed by atoms with E-state index < -0.39 is 0 Å². The molecule has 0 aliphatic carbocycles. The predicted molar refractivity (Wildman–Crippen MR) is 60.9 cm³/mol. The molecule has 0 bridgehead atoms. The molecule has 0 aromatic heterocycles. The van der Waals surface area contributed by atoms with Crippen molar-refractivity contribution in [3.05, 3.63) is 12.2 Å². The van der Waals surface area contributed by atoms with E-state index in [2.05, 4.69) is 0 Å². The van der Waals surface area contributed by atoms with E-state index >= 15 is 0 Å². The van der Waals surface area contributed by atoms with Crippen molar-refractivity contribution in [1.29, 1.82) is 0 Å². The van der Waals surface area contributed by atoms with Crippen LogP contribution < -0.4 is 0 Å². The van der Waals surface area contributed by atoms with Crippen molar-refractivity contribution in [3.63, 3.8) is 0 Å². The second-order valence-electron chi connectivity index (χ2n) is 3.19. The summed E-state index contributed by atoms with van der Waals surface area (Å²) >= 11 is 0. The van der Waals surface area contributed by atoms with Gasteiger partial charge in [-0.25, -0.2) is 0 Å². The fourth-order valence-electron chi connectivity index (χ4n) is 1.03. The third-order valence-electron chi connectivity index (χ3n) is 1.79. The Kier molecular flexibility index (Phi) is 9.36. The number of allylic oxidation sites excluding steroid dienone is 1. The van der Waals surface area contributed by atoms with Crippen molar-refractivity contribution >= 4 is 11.9 Å². The van der Waals surface area contributed by atoms with Crippen LogP contribution in [0.15, 0.2) is 12.2 Å². The molecule has 0 rings (SSSR count). The van der Waals surface area contributed by atoms with Crippen LogP contribution in [0.2, 0.25) is 0 Å². The summed E-state index contributed by atoms with van der Waals surface area (Å²) in [4.78, 5) is 22.1. The minimum absolute atomic E-state index is 0.0936. The average Bonchev–Trinajstić information content (AvgIpc) is 2.26. The van der Waals surface area contributed by atoms with E-state index in [-0.39, 0.29) is 24.8 Å². The van der Waals surface area contributed by atoms with Gasteiger partial charge in [0.1, 0.15) is 0 Å². The SMILES string of the molecule is CC/C=C\CCOC(=O)CCC(=O)OCC. The second kappa shape index (κ2) is 10.2. The Bertz CT molecular complexity index is 233. The maximum absolute atomic E-state index is 11.1. The van der Waals surface area contributed by atoms with Crippen LogP contribution in [0.4, 0.5) is 0 Å². The van der Waals surface area contributed by atoms with Gasteiger partial charge in [-0.3, -0.25) is 9.59 Å². The Morgan fingerprint density at radius 1 is 1.00 bits per heavy atom. The third kappa shape index (κ3) is 9.24. The summed E-state index contributed by atoms with van der Waals surface area (Å²) in [5.41, 5.74) is 0. The lowest BCUT2D eigenvalue weighted by Gasteiger charge is -2.03. The van der Waals surface area contributed by atoms with Crippen molar-refractivity contribution in [3.8, 4) is 0 Å². The minimum atomic E-state index is -0.356. The van der Waals surface area contributed by atoms with Crippen molar-refractivity contribution < 1.29 is 19.1 Å². The van der Waals surface area contributed by atoms with Crippen LogP contribution in [-0.4, -0.2) is 25.2 Å². The van der Waals surface area contributed by atoms with E-state index in [1.54, 1.807) is 6.92 Å². The van der Waals surface area contributed by atoms with E-state index in [0.29, 0.717) is 13.2 Å². The zero-order valence-electron chi connectivity index (χ0n) is 10.0. The molecule has 0 unspecified atom stereocenters. The first-order valence-electron chi connectivity index (χ1n) is 5.66. The largest absolute Gasteiger partial charge is 0.466 e. The number of carbonyl (C=O) groups is 2. The molecule has 0 aromatic carbocycles. The van der Waals surface area contributed by atoms with Crippen molar-refractivity contribution in [1.82, 2.24) is 0 Å². The molecule has 0 heterocycles. The molecule has 4 heteroatoms. The Morgan fingerprint density at radius 3 is 2.19 bits per heavy atom. The molecule has 0 aliphatic heterocycles. The van der Waals surface area contributed by atoms with E-state index in [1.165, 1.54) is 0 Å². The average molecular weight is 228 g/mol. The van der Waals surface area contributed by atoms with Gasteiger partial charge in [0.05, 0.1) is 26.1 Å². The van der Waals surface area contributed by atoms with Gasteiger partial charge in [-0.05, 0) is 19.8 Å². The summed E-state index contributed by atoms with van der Waals surface area (Å²) < 4.78 is 9.61. The zero-order chi connectivity index (χ0) is 12.2. The molecule has 0 amide bonds. The van der Waals surface area contributed by atoms with Gasteiger partial charge in [-0.15, -0.1) is 0 Å². The quantitative estimate of drug-likeness (QED) is 0.363. The van der Waals surface area contributed by atoms with Crippen LogP contribution in [0.1, 0.15) is 39.5 Å². The highest BCUT2D eigenvalue weighted by molar-refractivity contribution is 5.77. The lowest BCUT2D eigenvalue weighted by molar-refractivity contribution is -0.150. The summed E-state index contributed by atoms with van der Waals surface area (Å²) in [5.74, 6) is -0.705. The summed E-state index contributed by atoms with van der Waals surface area (Å²) in [5, 5.41) is 0. The van der Waals surface area contributed by atoms with E-state index in [9.17, 15) is 9.59 Å². The van der Waals surface area contributed by atoms with Crippen LogP contribution in [-0.2, 0) is 19.1 Å². The monoisotopic (exact) mass is 228 g/mol. The normalized spacial score (nSPS) is 10.4. The van der Waals surface area contributed by atoms with E-state index in [4.69, 9.17) is 9.47 Å². The highest BCUT2D eigenvalue weighted by atomic mass is 16.5. The summed E-state index contributed by atoms with van der Waals surface area (Å²) in [7, 11) is 0. The topological polar surface area (TPSA) is 52.6 Å². The Labute approximate surface area is 96.6 Å². The molecule has 0 spiro atoms. The van der Waals surface area contributed by atoms with Gasteiger partial charge in [0.15, 0.2) is 0 Å². The fraction of sp³-hybridized carbons (Fsp3) is 0.667. The van der Waals surface area contributed by atoms with Crippen LogP contribution in [0.5, 0.6) is 0 Å². The smallest absolute Gasteiger partial charge is 0.306 e. The first-order valence-corrected chi connectivity index (χ1v) is 5.66. The predicted octanol–water partition coefficient (Wildman–Crippen LogP) is 2.23. The summed E-state index contributed by atoms with van der Waals surface area (Å²) in [6.07, 6.45) is 5.88. The molecule has 0 saturated carbocycles. The number of carbonyl (C=O) groups excluding carboxylic acids is 2. The van der Waals surface area contributed by atoms with Crippen LogP contribution in [0, 0.1) is 0 Å². The van der Waals surface area contributed by atoms with Gasteiger partial charge in [0.25, 0.3) is 0 Å². The number of esters is 2. The van der Waals surface area contributed by atoms with Crippen molar-refractivity contribution in [2.24, 2.45) is 0 Å².